The van der Waals surface area contributed by atoms with Crippen molar-refractivity contribution >= 4 is 11.6 Å². The van der Waals surface area contributed by atoms with E-state index in [1.165, 1.54) is 0 Å². The second-order valence-electron chi connectivity index (χ2n) is 3.80. The molecular weight excluding hydrogens is 230 g/mol. The molecule has 0 saturated carbocycles. The van der Waals surface area contributed by atoms with Crippen molar-refractivity contribution in [2.24, 2.45) is 0 Å². The first-order chi connectivity index (χ1) is 8.09. The van der Waals surface area contributed by atoms with Crippen molar-refractivity contribution in [1.29, 1.82) is 0 Å². The number of rotatable bonds is 1. The quantitative estimate of drug-likeness (QED) is 0.763. The minimum atomic E-state index is -0.934. The summed E-state index contributed by atoms with van der Waals surface area (Å²) in [6, 6.07) is 1.59. The zero-order chi connectivity index (χ0) is 12.4. The van der Waals surface area contributed by atoms with Crippen LogP contribution in [0.15, 0.2) is 12.1 Å². The van der Waals surface area contributed by atoms with Crippen LogP contribution in [0.5, 0.6) is 0 Å². The number of benzene rings is 1. The van der Waals surface area contributed by atoms with Crippen LogP contribution >= 0.6 is 0 Å². The molecular formula is C11H12F2N2O2. The maximum atomic E-state index is 13.4. The van der Waals surface area contributed by atoms with E-state index in [2.05, 4.69) is 0 Å². The lowest BCUT2D eigenvalue weighted by molar-refractivity contribution is -0.144. The molecule has 1 aromatic rings. The Balaban J connectivity index is 2.26. The highest BCUT2D eigenvalue weighted by Gasteiger charge is 2.23. The Kier molecular flexibility index (Phi) is 3.23. The number of nitrogens with two attached hydrogens (primary N) is 1. The summed E-state index contributed by atoms with van der Waals surface area (Å²) in [5.41, 5.74) is 4.77. The van der Waals surface area contributed by atoms with Gasteiger partial charge in [-0.1, -0.05) is 0 Å². The van der Waals surface area contributed by atoms with Gasteiger partial charge < -0.3 is 5.73 Å². The highest BCUT2D eigenvalue weighted by Crippen LogP contribution is 2.19. The molecule has 2 N–H and O–H groups in total. The van der Waals surface area contributed by atoms with Gasteiger partial charge in [-0.15, -0.1) is 0 Å². The molecule has 0 radical (unpaired) electrons. The van der Waals surface area contributed by atoms with Gasteiger partial charge >= 0.3 is 0 Å². The average molecular weight is 242 g/mol. The molecule has 0 bridgehead atoms. The fraction of sp³-hybridized carbons (Fsp3) is 0.364. The number of hydrogen-bond donors (Lipinski definition) is 1. The van der Waals surface area contributed by atoms with Gasteiger partial charge in [-0.25, -0.2) is 13.8 Å². The molecule has 92 valence electrons. The Hall–Kier alpha value is -1.69. The molecule has 1 heterocycles. The van der Waals surface area contributed by atoms with Crippen molar-refractivity contribution in [3.05, 3.63) is 29.3 Å². The summed E-state index contributed by atoms with van der Waals surface area (Å²) in [4.78, 5) is 17.0. The first-order valence-electron chi connectivity index (χ1n) is 5.29. The third-order valence-electron chi connectivity index (χ3n) is 2.55. The Morgan fingerprint density at radius 1 is 1.29 bits per heavy atom. The molecule has 0 spiro atoms. The third-order valence-corrected chi connectivity index (χ3v) is 2.55. The van der Waals surface area contributed by atoms with Crippen LogP contribution in [0.4, 0.5) is 14.5 Å². The Morgan fingerprint density at radius 3 is 2.71 bits per heavy atom. The number of anilines is 1. The van der Waals surface area contributed by atoms with Crippen LogP contribution in [0.2, 0.25) is 0 Å². The summed E-state index contributed by atoms with van der Waals surface area (Å²) in [5.74, 6) is -2.44. The van der Waals surface area contributed by atoms with Crippen molar-refractivity contribution in [3.8, 4) is 0 Å². The standard InChI is InChI=1S/C11H12F2N2O2/c12-8-6-9(13)10(14)5-7(8)11(16)15-3-1-2-4-17-15/h5-6H,1-4,14H2. The van der Waals surface area contributed by atoms with Crippen LogP contribution in [0.1, 0.15) is 23.2 Å². The second kappa shape index (κ2) is 4.67. The fourth-order valence-corrected chi connectivity index (χ4v) is 1.62. The maximum Gasteiger partial charge on any atom is 0.280 e. The fourth-order valence-electron chi connectivity index (χ4n) is 1.62. The third kappa shape index (κ3) is 2.36. The van der Waals surface area contributed by atoms with Gasteiger partial charge in [0, 0.05) is 12.6 Å². The number of carbonyl (C=O) groups is 1. The number of carbonyl (C=O) groups excluding carboxylic acids is 1. The Bertz CT molecular complexity index is 445. The first-order valence-corrected chi connectivity index (χ1v) is 5.29. The van der Waals surface area contributed by atoms with Crippen molar-refractivity contribution < 1.29 is 18.4 Å². The van der Waals surface area contributed by atoms with Crippen LogP contribution in [0.3, 0.4) is 0 Å². The molecule has 1 fully saturated rings. The first kappa shape index (κ1) is 11.8. The van der Waals surface area contributed by atoms with Gasteiger partial charge in [0.2, 0.25) is 0 Å². The number of nitrogen functional groups attached to an aromatic ring is 1. The molecule has 17 heavy (non-hydrogen) atoms. The van der Waals surface area contributed by atoms with Gasteiger partial charge in [0.25, 0.3) is 5.91 Å². The monoisotopic (exact) mass is 242 g/mol. The lowest BCUT2D eigenvalue weighted by atomic mass is 10.1. The van der Waals surface area contributed by atoms with Crippen LogP contribution < -0.4 is 5.73 Å². The molecule has 1 saturated heterocycles. The number of hydroxylamine groups is 2. The van der Waals surface area contributed by atoms with Gasteiger partial charge in [-0.2, -0.15) is 0 Å². The summed E-state index contributed by atoms with van der Waals surface area (Å²) < 4.78 is 26.4. The van der Waals surface area contributed by atoms with Crippen LogP contribution in [0, 0.1) is 11.6 Å². The van der Waals surface area contributed by atoms with Crippen LogP contribution in [-0.4, -0.2) is 24.1 Å². The van der Waals surface area contributed by atoms with Gasteiger partial charge in [0.1, 0.15) is 11.6 Å². The molecule has 1 amide bonds. The lowest BCUT2D eigenvalue weighted by Crippen LogP contribution is -2.36. The van der Waals surface area contributed by atoms with Crippen molar-refractivity contribution in [2.45, 2.75) is 12.8 Å². The van der Waals surface area contributed by atoms with E-state index in [1.54, 1.807) is 0 Å². The molecule has 0 aliphatic carbocycles. The maximum absolute atomic E-state index is 13.4. The van der Waals surface area contributed by atoms with E-state index in [1.807, 2.05) is 0 Å². The highest BCUT2D eigenvalue weighted by molar-refractivity contribution is 5.94. The second-order valence-corrected chi connectivity index (χ2v) is 3.80. The normalized spacial score (nSPS) is 16.0. The minimum Gasteiger partial charge on any atom is -0.396 e. The molecule has 1 aromatic carbocycles. The number of amides is 1. The zero-order valence-electron chi connectivity index (χ0n) is 9.08. The van der Waals surface area contributed by atoms with Gasteiger partial charge in [-0.05, 0) is 18.9 Å². The molecule has 2 rings (SSSR count). The molecule has 1 aliphatic rings. The van der Waals surface area contributed by atoms with Crippen LogP contribution in [-0.2, 0) is 4.84 Å². The molecule has 6 heteroatoms. The Labute approximate surface area is 96.9 Å². The summed E-state index contributed by atoms with van der Waals surface area (Å²) >= 11 is 0. The van der Waals surface area contributed by atoms with Crippen molar-refractivity contribution in [1.82, 2.24) is 5.06 Å². The summed E-state index contributed by atoms with van der Waals surface area (Å²) in [5, 5.41) is 1.08. The molecule has 0 atom stereocenters. The van der Waals surface area contributed by atoms with Crippen molar-refractivity contribution in [3.63, 3.8) is 0 Å². The summed E-state index contributed by atoms with van der Waals surface area (Å²) in [7, 11) is 0. The number of nitrogens with zero attached hydrogens (tertiary/aromatic N) is 1. The average Bonchev–Trinajstić information content (AvgIpc) is 2.34. The van der Waals surface area contributed by atoms with E-state index in [4.69, 9.17) is 10.6 Å². The molecule has 0 aromatic heterocycles. The van der Waals surface area contributed by atoms with E-state index >= 15 is 0 Å². The van der Waals surface area contributed by atoms with Gasteiger partial charge in [0.15, 0.2) is 0 Å². The summed E-state index contributed by atoms with van der Waals surface area (Å²) in [6.45, 7) is 0.819. The lowest BCUT2D eigenvalue weighted by Gasteiger charge is -2.26. The van der Waals surface area contributed by atoms with E-state index in [0.717, 1.165) is 24.0 Å². The Morgan fingerprint density at radius 2 is 2.06 bits per heavy atom. The largest absolute Gasteiger partial charge is 0.396 e. The SMILES string of the molecule is Nc1cc(C(=O)N2CCCCO2)c(F)cc1F. The van der Waals surface area contributed by atoms with E-state index in [9.17, 15) is 13.6 Å². The molecule has 0 unspecified atom stereocenters. The van der Waals surface area contributed by atoms with E-state index < -0.39 is 17.5 Å². The van der Waals surface area contributed by atoms with Crippen LogP contribution in [0.25, 0.3) is 0 Å². The molecule has 1 aliphatic heterocycles. The zero-order valence-corrected chi connectivity index (χ0v) is 9.08. The van der Waals surface area contributed by atoms with E-state index in [0.29, 0.717) is 19.2 Å². The smallest absolute Gasteiger partial charge is 0.280 e. The predicted molar refractivity (Wildman–Crippen MR) is 57.0 cm³/mol. The predicted octanol–water partition coefficient (Wildman–Crippen LogP) is 1.71. The van der Waals surface area contributed by atoms with Gasteiger partial charge in [-0.3, -0.25) is 9.63 Å². The number of hydrogen-bond acceptors (Lipinski definition) is 3. The highest BCUT2D eigenvalue weighted by atomic mass is 19.1. The topological polar surface area (TPSA) is 55.6 Å². The van der Waals surface area contributed by atoms with Gasteiger partial charge in [0.05, 0.1) is 17.9 Å². The van der Waals surface area contributed by atoms with Crippen molar-refractivity contribution in [2.75, 3.05) is 18.9 Å². The molecule has 4 nitrogen and oxygen atoms in total. The minimum absolute atomic E-state index is 0.258. The summed E-state index contributed by atoms with van der Waals surface area (Å²) in [6.07, 6.45) is 1.65. The van der Waals surface area contributed by atoms with E-state index in [-0.39, 0.29) is 11.3 Å². The number of halogens is 2.